The molecule has 0 aliphatic carbocycles. The third-order valence-corrected chi connectivity index (χ3v) is 3.86. The number of hydrogen-bond acceptors (Lipinski definition) is 4. The van der Waals surface area contributed by atoms with Crippen LogP contribution >= 0.6 is 19.2 Å². The Bertz CT molecular complexity index is 372. The molecule has 0 bridgehead atoms. The maximum absolute atomic E-state index is 11.9. The normalized spacial score (nSPS) is 11.6. The fraction of sp³-hybridized carbons (Fsp3) is 0.250. The van der Waals surface area contributed by atoms with Gasteiger partial charge in [0.05, 0.1) is 0 Å². The van der Waals surface area contributed by atoms with E-state index in [1.165, 1.54) is 32.4 Å². The quantitative estimate of drug-likeness (QED) is 0.817. The van der Waals surface area contributed by atoms with Crippen LogP contribution < -0.4 is 5.30 Å². The Labute approximate surface area is 86.9 Å². The Morgan fingerprint density at radius 1 is 1.36 bits per heavy atom. The predicted molar refractivity (Wildman–Crippen MR) is 54.4 cm³/mol. The largest absolute Gasteiger partial charge is 0.507 e. The summed E-state index contributed by atoms with van der Waals surface area (Å²) in [6.45, 7) is 0. The first-order chi connectivity index (χ1) is 6.53. The minimum Gasteiger partial charge on any atom is -0.507 e. The van der Waals surface area contributed by atoms with Crippen molar-refractivity contribution in [3.8, 4) is 5.75 Å². The van der Waals surface area contributed by atoms with E-state index in [9.17, 15) is 9.67 Å². The third kappa shape index (κ3) is 2.10. The first kappa shape index (κ1) is 11.5. The topological polar surface area (TPSA) is 55.8 Å². The van der Waals surface area contributed by atoms with Gasteiger partial charge in [0.2, 0.25) is 0 Å². The second-order valence-corrected chi connectivity index (χ2v) is 5.14. The summed E-state index contributed by atoms with van der Waals surface area (Å²) < 4.78 is 21.3. The molecule has 1 N–H and O–H groups in total. The fourth-order valence-corrected chi connectivity index (χ4v) is 2.43. The summed E-state index contributed by atoms with van der Waals surface area (Å²) in [5, 5.41) is 9.86. The van der Waals surface area contributed by atoms with Crippen LogP contribution in [0, 0.1) is 0 Å². The molecule has 6 heteroatoms. The molecule has 0 saturated carbocycles. The van der Waals surface area contributed by atoms with E-state index >= 15 is 0 Å². The van der Waals surface area contributed by atoms with Gasteiger partial charge in [-0.15, -0.1) is 0 Å². The summed E-state index contributed by atoms with van der Waals surface area (Å²) in [7, 11) is -0.951. The van der Waals surface area contributed by atoms with E-state index < -0.39 is 7.60 Å². The van der Waals surface area contributed by atoms with Crippen LogP contribution in [0.4, 0.5) is 0 Å². The van der Waals surface area contributed by atoms with Crippen LogP contribution in [0.1, 0.15) is 0 Å². The molecular formula is C8H10ClO4P. The maximum atomic E-state index is 11.9. The van der Waals surface area contributed by atoms with Crippen molar-refractivity contribution in [2.75, 3.05) is 14.2 Å². The van der Waals surface area contributed by atoms with Crippen LogP contribution in [0.15, 0.2) is 18.2 Å². The van der Waals surface area contributed by atoms with Crippen LogP contribution in [0.2, 0.25) is 5.02 Å². The zero-order chi connectivity index (χ0) is 10.8. The molecule has 0 saturated heterocycles. The van der Waals surface area contributed by atoms with Crippen molar-refractivity contribution >= 4 is 24.5 Å². The van der Waals surface area contributed by atoms with E-state index in [-0.39, 0.29) is 11.1 Å². The number of rotatable bonds is 3. The molecule has 0 atom stereocenters. The third-order valence-electron chi connectivity index (χ3n) is 1.71. The van der Waals surface area contributed by atoms with Crippen molar-refractivity contribution in [3.05, 3.63) is 23.2 Å². The van der Waals surface area contributed by atoms with E-state index in [4.69, 9.17) is 20.6 Å². The van der Waals surface area contributed by atoms with E-state index in [0.29, 0.717) is 5.02 Å². The monoisotopic (exact) mass is 236 g/mol. The molecule has 1 aromatic rings. The van der Waals surface area contributed by atoms with Crippen LogP contribution in [0.3, 0.4) is 0 Å². The number of hydrogen-bond donors (Lipinski definition) is 1. The van der Waals surface area contributed by atoms with Crippen LogP contribution in [-0.4, -0.2) is 19.3 Å². The zero-order valence-corrected chi connectivity index (χ0v) is 9.38. The number of phenols is 1. The molecule has 0 heterocycles. The zero-order valence-electron chi connectivity index (χ0n) is 7.73. The van der Waals surface area contributed by atoms with Gasteiger partial charge in [0.1, 0.15) is 11.1 Å². The molecule has 78 valence electrons. The van der Waals surface area contributed by atoms with Crippen LogP contribution in [-0.2, 0) is 13.6 Å². The van der Waals surface area contributed by atoms with E-state index in [1.807, 2.05) is 0 Å². The van der Waals surface area contributed by atoms with Crippen LogP contribution in [0.25, 0.3) is 0 Å². The van der Waals surface area contributed by atoms with Crippen molar-refractivity contribution in [1.82, 2.24) is 0 Å². The lowest BCUT2D eigenvalue weighted by Gasteiger charge is -2.14. The van der Waals surface area contributed by atoms with E-state index in [1.54, 1.807) is 0 Å². The number of phenolic OH excluding ortho intramolecular Hbond substituents is 1. The Hall–Kier alpha value is -0.540. The van der Waals surface area contributed by atoms with Gasteiger partial charge in [0.15, 0.2) is 0 Å². The highest BCUT2D eigenvalue weighted by molar-refractivity contribution is 7.62. The van der Waals surface area contributed by atoms with Crippen molar-refractivity contribution in [2.45, 2.75) is 0 Å². The molecule has 0 aromatic heterocycles. The van der Waals surface area contributed by atoms with Gasteiger partial charge in [-0.1, -0.05) is 11.6 Å². The minimum atomic E-state index is -3.43. The van der Waals surface area contributed by atoms with Crippen LogP contribution in [0.5, 0.6) is 5.75 Å². The fourth-order valence-electron chi connectivity index (χ4n) is 0.987. The molecule has 1 aromatic carbocycles. The molecule has 14 heavy (non-hydrogen) atoms. The molecule has 1 rings (SSSR count). The molecule has 0 amide bonds. The molecule has 0 spiro atoms. The van der Waals surface area contributed by atoms with E-state index in [0.717, 1.165) is 0 Å². The smallest absolute Gasteiger partial charge is 0.364 e. The highest BCUT2D eigenvalue weighted by atomic mass is 35.5. The van der Waals surface area contributed by atoms with E-state index in [2.05, 4.69) is 0 Å². The summed E-state index contributed by atoms with van der Waals surface area (Å²) >= 11 is 5.69. The van der Waals surface area contributed by atoms with Gasteiger partial charge in [-0.25, -0.2) is 0 Å². The second kappa shape index (κ2) is 4.32. The molecule has 0 aliphatic rings. The molecule has 0 unspecified atom stereocenters. The molecular weight excluding hydrogens is 227 g/mol. The van der Waals surface area contributed by atoms with Gasteiger partial charge in [-0.2, -0.15) is 0 Å². The Morgan fingerprint density at radius 2 is 1.93 bits per heavy atom. The van der Waals surface area contributed by atoms with Crippen molar-refractivity contribution in [3.63, 3.8) is 0 Å². The van der Waals surface area contributed by atoms with Gasteiger partial charge in [-0.05, 0) is 18.2 Å². The van der Waals surface area contributed by atoms with Gasteiger partial charge >= 0.3 is 7.60 Å². The van der Waals surface area contributed by atoms with Gasteiger partial charge in [0, 0.05) is 19.2 Å². The Morgan fingerprint density at radius 3 is 2.43 bits per heavy atom. The summed E-state index contributed by atoms with van der Waals surface area (Å²) in [6, 6.07) is 4.17. The first-order valence-corrected chi connectivity index (χ1v) is 5.66. The Balaban J connectivity index is 3.30. The second-order valence-electron chi connectivity index (χ2n) is 2.50. The first-order valence-electron chi connectivity index (χ1n) is 3.74. The van der Waals surface area contributed by atoms with Crippen molar-refractivity contribution in [1.29, 1.82) is 0 Å². The minimum absolute atomic E-state index is 0.0648. The van der Waals surface area contributed by atoms with Gasteiger partial charge in [0.25, 0.3) is 0 Å². The molecule has 0 aliphatic heterocycles. The molecule has 0 radical (unpaired) electrons. The highest BCUT2D eigenvalue weighted by Gasteiger charge is 2.28. The number of aromatic hydroxyl groups is 1. The average molecular weight is 237 g/mol. The Kier molecular flexibility index (Phi) is 3.56. The van der Waals surface area contributed by atoms with Gasteiger partial charge < -0.3 is 14.2 Å². The van der Waals surface area contributed by atoms with Crippen molar-refractivity contribution < 1.29 is 18.7 Å². The lowest BCUT2D eigenvalue weighted by molar-refractivity contribution is 0.286. The summed E-state index contributed by atoms with van der Waals surface area (Å²) in [5.74, 6) is -0.165. The highest BCUT2D eigenvalue weighted by Crippen LogP contribution is 2.47. The standard InChI is InChI=1S/C8H10ClO4P/c1-12-14(11,13-2)8-5-6(9)3-4-7(8)10/h3-5,10H,1-2H3. The maximum Gasteiger partial charge on any atom is 0.364 e. The summed E-state index contributed by atoms with van der Waals surface area (Å²) in [6.07, 6.45) is 0. The number of benzene rings is 1. The molecule has 4 nitrogen and oxygen atoms in total. The lowest BCUT2D eigenvalue weighted by atomic mass is 10.3. The molecule has 0 fully saturated rings. The SMILES string of the molecule is COP(=O)(OC)c1cc(Cl)ccc1O. The predicted octanol–water partition coefficient (Wildman–Crippen LogP) is 2.16. The average Bonchev–Trinajstić information content (AvgIpc) is 2.20. The lowest BCUT2D eigenvalue weighted by Crippen LogP contribution is -2.08. The summed E-state index contributed by atoms with van der Waals surface area (Å²) in [4.78, 5) is 0. The summed E-state index contributed by atoms with van der Waals surface area (Å²) in [5.41, 5.74) is 0. The number of halogens is 1. The van der Waals surface area contributed by atoms with Gasteiger partial charge in [-0.3, -0.25) is 4.57 Å². The van der Waals surface area contributed by atoms with Crippen molar-refractivity contribution in [2.24, 2.45) is 0 Å².